The summed E-state index contributed by atoms with van der Waals surface area (Å²) < 4.78 is 0.958. The quantitative estimate of drug-likeness (QED) is 0.763. The van der Waals surface area contributed by atoms with Gasteiger partial charge in [-0.15, -0.1) is 11.6 Å². The number of pyridine rings is 2. The first kappa shape index (κ1) is 14.1. The highest BCUT2D eigenvalue weighted by Crippen LogP contribution is 2.32. The number of fused-ring (bicyclic) bond motifs is 1. The summed E-state index contributed by atoms with van der Waals surface area (Å²) in [6.45, 7) is 0.864. The molecule has 0 N–H and O–H groups in total. The standard InChI is InChI=1S/C15H17BrClN3/c16-11-9-13-15(19-10-11)14(5-7-18-13)20(8-6-17)12-3-1-2-4-12/h5,7,9-10,12H,1-4,6,8H2. The Hall–Kier alpha value is -0.870. The molecule has 0 aliphatic heterocycles. The van der Waals surface area contributed by atoms with Gasteiger partial charge in [-0.2, -0.15) is 0 Å². The highest BCUT2D eigenvalue weighted by molar-refractivity contribution is 9.10. The minimum absolute atomic E-state index is 0.588. The van der Waals surface area contributed by atoms with E-state index in [1.807, 2.05) is 18.5 Å². The molecular weight excluding hydrogens is 338 g/mol. The van der Waals surface area contributed by atoms with Crippen LogP contribution in [0.1, 0.15) is 25.7 Å². The Morgan fingerprint density at radius 3 is 2.85 bits per heavy atom. The van der Waals surface area contributed by atoms with Crippen molar-refractivity contribution >= 4 is 44.3 Å². The van der Waals surface area contributed by atoms with Gasteiger partial charge in [0.2, 0.25) is 0 Å². The van der Waals surface area contributed by atoms with Crippen LogP contribution in [-0.4, -0.2) is 28.4 Å². The molecule has 1 saturated carbocycles. The zero-order valence-electron chi connectivity index (χ0n) is 11.2. The van der Waals surface area contributed by atoms with Crippen LogP contribution < -0.4 is 4.90 Å². The number of alkyl halides is 1. The molecule has 2 aromatic rings. The van der Waals surface area contributed by atoms with Crippen molar-refractivity contribution in [2.75, 3.05) is 17.3 Å². The maximum Gasteiger partial charge on any atom is 0.112 e. The molecule has 106 valence electrons. The third kappa shape index (κ3) is 2.77. The fraction of sp³-hybridized carbons (Fsp3) is 0.467. The predicted octanol–water partition coefficient (Wildman–Crippen LogP) is 4.38. The van der Waals surface area contributed by atoms with Gasteiger partial charge in [-0.1, -0.05) is 12.8 Å². The Bertz CT molecular complexity index is 599. The largest absolute Gasteiger partial charge is 0.366 e. The van der Waals surface area contributed by atoms with Gasteiger partial charge in [-0.25, -0.2) is 0 Å². The topological polar surface area (TPSA) is 29.0 Å². The van der Waals surface area contributed by atoms with Gasteiger partial charge in [0.25, 0.3) is 0 Å². The number of nitrogens with zero attached hydrogens (tertiary/aromatic N) is 3. The zero-order chi connectivity index (χ0) is 13.9. The molecule has 0 bridgehead atoms. The molecule has 0 amide bonds. The maximum atomic E-state index is 6.02. The van der Waals surface area contributed by atoms with E-state index in [2.05, 4.69) is 36.9 Å². The second-order valence-corrected chi connectivity index (χ2v) is 6.47. The molecule has 2 heterocycles. The normalized spacial score (nSPS) is 15.9. The van der Waals surface area contributed by atoms with E-state index in [4.69, 9.17) is 11.6 Å². The Balaban J connectivity index is 2.05. The SMILES string of the molecule is ClCCN(c1ccnc2cc(Br)cnc12)C1CCCC1. The molecule has 0 unspecified atom stereocenters. The van der Waals surface area contributed by atoms with Gasteiger partial charge in [0.15, 0.2) is 0 Å². The van der Waals surface area contributed by atoms with E-state index in [0.717, 1.165) is 27.7 Å². The van der Waals surface area contributed by atoms with Crippen LogP contribution in [0.4, 0.5) is 5.69 Å². The lowest BCUT2D eigenvalue weighted by molar-refractivity contribution is 0.622. The van der Waals surface area contributed by atoms with Crippen molar-refractivity contribution < 1.29 is 0 Å². The monoisotopic (exact) mass is 353 g/mol. The first-order valence-electron chi connectivity index (χ1n) is 7.02. The van der Waals surface area contributed by atoms with Crippen molar-refractivity contribution in [2.45, 2.75) is 31.7 Å². The van der Waals surface area contributed by atoms with Gasteiger partial charge in [0.05, 0.1) is 11.2 Å². The fourth-order valence-electron chi connectivity index (χ4n) is 3.03. The lowest BCUT2D eigenvalue weighted by Crippen LogP contribution is -2.35. The van der Waals surface area contributed by atoms with E-state index in [1.54, 1.807) is 0 Å². The summed E-state index contributed by atoms with van der Waals surface area (Å²) in [4.78, 5) is 11.4. The molecule has 5 heteroatoms. The van der Waals surface area contributed by atoms with Crippen LogP contribution in [0.2, 0.25) is 0 Å². The smallest absolute Gasteiger partial charge is 0.112 e. The van der Waals surface area contributed by atoms with Crippen LogP contribution >= 0.6 is 27.5 Å². The van der Waals surface area contributed by atoms with Crippen molar-refractivity contribution in [3.8, 4) is 0 Å². The summed E-state index contributed by atoms with van der Waals surface area (Å²) in [5.74, 6) is 0.636. The summed E-state index contributed by atoms with van der Waals surface area (Å²) in [5, 5.41) is 0. The number of aromatic nitrogens is 2. The van der Waals surface area contributed by atoms with Crippen LogP contribution in [0.15, 0.2) is 29.0 Å². The molecule has 3 nitrogen and oxygen atoms in total. The summed E-state index contributed by atoms with van der Waals surface area (Å²) in [5.41, 5.74) is 3.05. The minimum atomic E-state index is 0.588. The highest BCUT2D eigenvalue weighted by Gasteiger charge is 2.24. The summed E-state index contributed by atoms with van der Waals surface area (Å²) in [6.07, 6.45) is 8.81. The molecule has 1 aliphatic carbocycles. The number of rotatable bonds is 4. The van der Waals surface area contributed by atoms with Crippen LogP contribution in [0.5, 0.6) is 0 Å². The summed E-state index contributed by atoms with van der Waals surface area (Å²) >= 11 is 9.47. The second-order valence-electron chi connectivity index (χ2n) is 5.17. The number of anilines is 1. The zero-order valence-corrected chi connectivity index (χ0v) is 13.6. The van der Waals surface area contributed by atoms with Gasteiger partial charge in [-0.3, -0.25) is 9.97 Å². The van der Waals surface area contributed by atoms with E-state index >= 15 is 0 Å². The number of hydrogen-bond donors (Lipinski definition) is 0. The maximum absolute atomic E-state index is 6.02. The van der Waals surface area contributed by atoms with Gasteiger partial charge in [-0.05, 0) is 40.9 Å². The number of halogens is 2. The molecule has 0 saturated heterocycles. The van der Waals surface area contributed by atoms with Gasteiger partial charge in [0, 0.05) is 35.3 Å². The molecule has 0 spiro atoms. The second kappa shape index (κ2) is 6.27. The first-order chi connectivity index (χ1) is 9.79. The average Bonchev–Trinajstić information content (AvgIpc) is 2.98. The minimum Gasteiger partial charge on any atom is -0.366 e. The molecule has 0 aromatic carbocycles. The van der Waals surface area contributed by atoms with Gasteiger partial charge < -0.3 is 4.90 Å². The fourth-order valence-corrected chi connectivity index (χ4v) is 3.53. The molecule has 20 heavy (non-hydrogen) atoms. The van der Waals surface area contributed by atoms with E-state index in [0.29, 0.717) is 11.9 Å². The average molecular weight is 355 g/mol. The molecule has 2 aromatic heterocycles. The Kier molecular flexibility index (Phi) is 4.41. The van der Waals surface area contributed by atoms with E-state index in [1.165, 1.54) is 25.7 Å². The van der Waals surface area contributed by atoms with E-state index in [-0.39, 0.29) is 0 Å². The van der Waals surface area contributed by atoms with Gasteiger partial charge >= 0.3 is 0 Å². The van der Waals surface area contributed by atoms with E-state index in [9.17, 15) is 0 Å². The van der Waals surface area contributed by atoms with Crippen LogP contribution in [-0.2, 0) is 0 Å². The van der Waals surface area contributed by atoms with Crippen LogP contribution in [0.3, 0.4) is 0 Å². The molecule has 1 fully saturated rings. The first-order valence-corrected chi connectivity index (χ1v) is 8.35. The Labute approximate surface area is 132 Å². The van der Waals surface area contributed by atoms with Crippen LogP contribution in [0.25, 0.3) is 11.0 Å². The molecular formula is C15H17BrClN3. The predicted molar refractivity (Wildman–Crippen MR) is 87.6 cm³/mol. The van der Waals surface area contributed by atoms with Crippen molar-refractivity contribution in [1.82, 2.24) is 9.97 Å². The lowest BCUT2D eigenvalue weighted by atomic mass is 10.1. The number of hydrogen-bond acceptors (Lipinski definition) is 3. The Morgan fingerprint density at radius 1 is 1.30 bits per heavy atom. The molecule has 3 rings (SSSR count). The summed E-state index contributed by atoms with van der Waals surface area (Å²) in [6, 6.07) is 4.66. The third-order valence-corrected chi connectivity index (χ3v) is 4.53. The van der Waals surface area contributed by atoms with Crippen LogP contribution in [0, 0.1) is 0 Å². The van der Waals surface area contributed by atoms with Crippen molar-refractivity contribution in [2.24, 2.45) is 0 Å². The lowest BCUT2D eigenvalue weighted by Gasteiger charge is -2.31. The molecule has 0 radical (unpaired) electrons. The van der Waals surface area contributed by atoms with Crippen molar-refractivity contribution in [3.05, 3.63) is 29.0 Å². The van der Waals surface area contributed by atoms with E-state index < -0.39 is 0 Å². The summed E-state index contributed by atoms with van der Waals surface area (Å²) in [7, 11) is 0. The molecule has 0 atom stereocenters. The molecule has 1 aliphatic rings. The highest BCUT2D eigenvalue weighted by atomic mass is 79.9. The Morgan fingerprint density at radius 2 is 2.10 bits per heavy atom. The van der Waals surface area contributed by atoms with Crippen molar-refractivity contribution in [3.63, 3.8) is 0 Å². The van der Waals surface area contributed by atoms with Gasteiger partial charge in [0.1, 0.15) is 5.52 Å². The third-order valence-electron chi connectivity index (χ3n) is 3.92. The van der Waals surface area contributed by atoms with Crippen molar-refractivity contribution in [1.29, 1.82) is 0 Å².